The smallest absolute Gasteiger partial charge is 0.172 e. The minimum Gasteiger partial charge on any atom is -0.293 e. The number of hydrogen-bond donors (Lipinski definition) is 0. The highest BCUT2D eigenvalue weighted by Crippen LogP contribution is 2.17. The fourth-order valence-corrected chi connectivity index (χ4v) is 2.16. The number of ketones is 1. The molecule has 0 aliphatic rings. The maximum atomic E-state index is 11.7. The van der Waals surface area contributed by atoms with Gasteiger partial charge in [0, 0.05) is 15.3 Å². The van der Waals surface area contributed by atoms with E-state index in [4.69, 9.17) is 0 Å². The summed E-state index contributed by atoms with van der Waals surface area (Å²) in [7, 11) is 0. The van der Waals surface area contributed by atoms with Gasteiger partial charge in [-0.05, 0) is 18.6 Å². The first-order chi connectivity index (χ1) is 7.13. The molecular weight excluding hydrogens is 272 g/mol. The van der Waals surface area contributed by atoms with Gasteiger partial charge in [0.2, 0.25) is 0 Å². The third-order valence-corrected chi connectivity index (χ3v) is 4.10. The maximum absolute atomic E-state index is 11.7. The molecule has 1 aromatic rings. The molecule has 82 valence electrons. The largest absolute Gasteiger partial charge is 0.293 e. The van der Waals surface area contributed by atoms with E-state index < -0.39 is 0 Å². The first-order valence-corrected chi connectivity index (χ1v) is 6.88. The van der Waals surface area contributed by atoms with Crippen molar-refractivity contribution < 1.29 is 4.79 Å². The number of rotatable bonds is 5. The summed E-state index contributed by atoms with van der Waals surface area (Å²) in [6, 6.07) is 7.54. The third-order valence-electron chi connectivity index (χ3n) is 2.24. The van der Waals surface area contributed by atoms with Crippen LogP contribution in [-0.4, -0.2) is 16.8 Å². The van der Waals surface area contributed by atoms with Crippen molar-refractivity contribution in [3.05, 3.63) is 34.3 Å². The standard InChI is InChI=1S/C12H15BrOS/c1-3-9(2)15-8-12(14)10-4-6-11(13)7-5-10/h4-7,9H,3,8H2,1-2H3. The van der Waals surface area contributed by atoms with Crippen molar-refractivity contribution in [3.63, 3.8) is 0 Å². The first kappa shape index (κ1) is 12.8. The number of thioether (sulfide) groups is 1. The Morgan fingerprint density at radius 2 is 2.00 bits per heavy atom. The molecule has 0 amide bonds. The second-order valence-corrected chi connectivity index (χ2v) is 5.80. The Morgan fingerprint density at radius 1 is 1.40 bits per heavy atom. The van der Waals surface area contributed by atoms with Gasteiger partial charge >= 0.3 is 0 Å². The summed E-state index contributed by atoms with van der Waals surface area (Å²) < 4.78 is 1.01. The van der Waals surface area contributed by atoms with Crippen LogP contribution < -0.4 is 0 Å². The zero-order valence-electron chi connectivity index (χ0n) is 9.00. The fraction of sp³-hybridized carbons (Fsp3) is 0.417. The molecule has 15 heavy (non-hydrogen) atoms. The topological polar surface area (TPSA) is 17.1 Å². The molecule has 0 saturated heterocycles. The van der Waals surface area contributed by atoms with Crippen molar-refractivity contribution in [2.75, 3.05) is 5.75 Å². The minimum atomic E-state index is 0.216. The van der Waals surface area contributed by atoms with E-state index in [-0.39, 0.29) is 5.78 Å². The molecule has 0 fully saturated rings. The summed E-state index contributed by atoms with van der Waals surface area (Å²) in [5, 5.41) is 0.560. The fourth-order valence-electron chi connectivity index (χ4n) is 1.05. The van der Waals surface area contributed by atoms with Gasteiger partial charge in [0.1, 0.15) is 0 Å². The van der Waals surface area contributed by atoms with Gasteiger partial charge in [-0.25, -0.2) is 0 Å². The molecule has 0 saturated carbocycles. The Bertz CT molecular complexity index is 321. The molecule has 1 aromatic carbocycles. The van der Waals surface area contributed by atoms with Gasteiger partial charge < -0.3 is 0 Å². The first-order valence-electron chi connectivity index (χ1n) is 5.04. The van der Waals surface area contributed by atoms with E-state index in [0.717, 1.165) is 16.5 Å². The van der Waals surface area contributed by atoms with E-state index >= 15 is 0 Å². The predicted octanol–water partition coefficient (Wildman–Crippen LogP) is 4.16. The van der Waals surface area contributed by atoms with Crippen LogP contribution in [0, 0.1) is 0 Å². The van der Waals surface area contributed by atoms with Crippen LogP contribution in [0.15, 0.2) is 28.7 Å². The SMILES string of the molecule is CCC(C)SCC(=O)c1ccc(Br)cc1. The molecule has 0 heterocycles. The highest BCUT2D eigenvalue weighted by molar-refractivity contribution is 9.10. The molecule has 0 spiro atoms. The van der Waals surface area contributed by atoms with Gasteiger partial charge in [-0.1, -0.05) is 41.9 Å². The lowest BCUT2D eigenvalue weighted by atomic mass is 10.2. The average molecular weight is 287 g/mol. The number of carbonyl (C=O) groups is 1. The Labute approximate surface area is 104 Å². The molecular formula is C12H15BrOS. The molecule has 0 N–H and O–H groups in total. The Hall–Kier alpha value is -0.280. The van der Waals surface area contributed by atoms with Gasteiger partial charge in [-0.3, -0.25) is 4.79 Å². The molecule has 1 rings (SSSR count). The van der Waals surface area contributed by atoms with Crippen LogP contribution in [0.1, 0.15) is 30.6 Å². The molecule has 0 bridgehead atoms. The molecule has 0 aromatic heterocycles. The monoisotopic (exact) mass is 286 g/mol. The Kier molecular flexibility index (Phi) is 5.40. The van der Waals surface area contributed by atoms with Crippen LogP contribution in [0.4, 0.5) is 0 Å². The lowest BCUT2D eigenvalue weighted by Crippen LogP contribution is -2.05. The number of hydrogen-bond acceptors (Lipinski definition) is 2. The Balaban J connectivity index is 2.50. The molecule has 1 unspecified atom stereocenters. The predicted molar refractivity (Wildman–Crippen MR) is 70.7 cm³/mol. The molecule has 0 radical (unpaired) electrons. The van der Waals surface area contributed by atoms with Crippen LogP contribution >= 0.6 is 27.7 Å². The van der Waals surface area contributed by atoms with Gasteiger partial charge in [0.15, 0.2) is 5.78 Å². The van der Waals surface area contributed by atoms with Crippen molar-refractivity contribution in [2.45, 2.75) is 25.5 Å². The highest BCUT2D eigenvalue weighted by Gasteiger charge is 2.07. The zero-order valence-corrected chi connectivity index (χ0v) is 11.4. The van der Waals surface area contributed by atoms with E-state index in [9.17, 15) is 4.79 Å². The van der Waals surface area contributed by atoms with Gasteiger partial charge in [-0.2, -0.15) is 11.8 Å². The third kappa shape index (κ3) is 4.39. The van der Waals surface area contributed by atoms with E-state index in [0.29, 0.717) is 11.0 Å². The van der Waals surface area contributed by atoms with Crippen LogP contribution in [0.2, 0.25) is 0 Å². The van der Waals surface area contributed by atoms with Crippen molar-refractivity contribution in [3.8, 4) is 0 Å². The lowest BCUT2D eigenvalue weighted by molar-refractivity contribution is 0.102. The average Bonchev–Trinajstić information content (AvgIpc) is 2.26. The molecule has 1 atom stereocenters. The van der Waals surface area contributed by atoms with Crippen molar-refractivity contribution in [1.82, 2.24) is 0 Å². The summed E-state index contributed by atoms with van der Waals surface area (Å²) in [6.45, 7) is 4.29. The van der Waals surface area contributed by atoms with Gasteiger partial charge in [-0.15, -0.1) is 0 Å². The minimum absolute atomic E-state index is 0.216. The summed E-state index contributed by atoms with van der Waals surface area (Å²) in [6.07, 6.45) is 1.11. The summed E-state index contributed by atoms with van der Waals surface area (Å²) in [4.78, 5) is 11.7. The van der Waals surface area contributed by atoms with Crippen LogP contribution in [0.5, 0.6) is 0 Å². The molecule has 0 aliphatic heterocycles. The normalized spacial score (nSPS) is 12.5. The van der Waals surface area contributed by atoms with Gasteiger partial charge in [0.25, 0.3) is 0 Å². The number of halogens is 1. The maximum Gasteiger partial charge on any atom is 0.172 e. The number of carbonyl (C=O) groups excluding carboxylic acids is 1. The van der Waals surface area contributed by atoms with Crippen LogP contribution in [0.3, 0.4) is 0 Å². The van der Waals surface area contributed by atoms with Crippen molar-refractivity contribution in [1.29, 1.82) is 0 Å². The summed E-state index contributed by atoms with van der Waals surface area (Å²) >= 11 is 5.07. The van der Waals surface area contributed by atoms with Crippen molar-refractivity contribution >= 4 is 33.5 Å². The van der Waals surface area contributed by atoms with Crippen LogP contribution in [0.25, 0.3) is 0 Å². The second kappa shape index (κ2) is 6.33. The van der Waals surface area contributed by atoms with E-state index in [1.165, 1.54) is 0 Å². The van der Waals surface area contributed by atoms with Gasteiger partial charge in [0.05, 0.1) is 5.75 Å². The molecule has 1 nitrogen and oxygen atoms in total. The summed E-state index contributed by atoms with van der Waals surface area (Å²) in [5.74, 6) is 0.796. The quantitative estimate of drug-likeness (QED) is 0.756. The molecule has 0 aliphatic carbocycles. The highest BCUT2D eigenvalue weighted by atomic mass is 79.9. The number of Topliss-reactive ketones (excluding diaryl/α,β-unsaturated/α-hetero) is 1. The van der Waals surface area contributed by atoms with Crippen molar-refractivity contribution in [2.24, 2.45) is 0 Å². The van der Waals surface area contributed by atoms with E-state index in [1.54, 1.807) is 11.8 Å². The van der Waals surface area contributed by atoms with E-state index in [1.807, 2.05) is 24.3 Å². The lowest BCUT2D eigenvalue weighted by Gasteiger charge is -2.07. The number of benzene rings is 1. The molecule has 3 heteroatoms. The zero-order chi connectivity index (χ0) is 11.3. The summed E-state index contributed by atoms with van der Waals surface area (Å²) in [5.41, 5.74) is 0.800. The Morgan fingerprint density at radius 3 is 2.53 bits per heavy atom. The second-order valence-electron chi connectivity index (χ2n) is 3.46. The van der Waals surface area contributed by atoms with E-state index in [2.05, 4.69) is 29.8 Å². The van der Waals surface area contributed by atoms with Crippen LogP contribution in [-0.2, 0) is 0 Å².